The number of ether oxygens (including phenoxy) is 1. The van der Waals surface area contributed by atoms with Crippen LogP contribution in [0, 0.1) is 13.8 Å². The lowest BCUT2D eigenvalue weighted by molar-refractivity contribution is 0.0735. The molecule has 0 bridgehead atoms. The highest BCUT2D eigenvalue weighted by atomic mass is 16.5. The first kappa shape index (κ1) is 15.6. The van der Waals surface area contributed by atoms with Crippen molar-refractivity contribution in [2.45, 2.75) is 32.7 Å². The zero-order valence-corrected chi connectivity index (χ0v) is 14.0. The second-order valence-corrected chi connectivity index (χ2v) is 6.31. The molecule has 1 atom stereocenters. The second kappa shape index (κ2) is 6.45. The minimum Gasteiger partial charge on any atom is -0.497 e. The first-order valence-corrected chi connectivity index (χ1v) is 8.11. The van der Waals surface area contributed by atoms with Gasteiger partial charge in [-0.2, -0.15) is 0 Å². The molecular weight excluding hydrogens is 286 g/mol. The smallest absolute Gasteiger partial charge is 0.254 e. The summed E-state index contributed by atoms with van der Waals surface area (Å²) in [7, 11) is 1.67. The quantitative estimate of drug-likeness (QED) is 0.846. The van der Waals surface area contributed by atoms with E-state index in [9.17, 15) is 4.79 Å². The largest absolute Gasteiger partial charge is 0.497 e. The maximum atomic E-state index is 13.0. The molecule has 1 fully saturated rings. The zero-order chi connectivity index (χ0) is 16.4. The number of hydrogen-bond donors (Lipinski definition) is 0. The molecule has 2 aromatic carbocycles. The van der Waals surface area contributed by atoms with E-state index in [0.29, 0.717) is 0 Å². The summed E-state index contributed by atoms with van der Waals surface area (Å²) < 4.78 is 5.22. The first-order valence-electron chi connectivity index (χ1n) is 8.11. The average molecular weight is 309 g/mol. The number of amides is 1. The van der Waals surface area contributed by atoms with Crippen LogP contribution in [0.2, 0.25) is 0 Å². The number of rotatable bonds is 3. The van der Waals surface area contributed by atoms with Crippen LogP contribution in [0.15, 0.2) is 42.5 Å². The molecule has 1 heterocycles. The van der Waals surface area contributed by atoms with Crippen LogP contribution in [0.25, 0.3) is 0 Å². The third-order valence-corrected chi connectivity index (χ3v) is 4.48. The molecule has 0 aliphatic carbocycles. The third kappa shape index (κ3) is 3.24. The highest BCUT2D eigenvalue weighted by molar-refractivity contribution is 5.95. The van der Waals surface area contributed by atoms with Gasteiger partial charge in [-0.05, 0) is 56.5 Å². The van der Waals surface area contributed by atoms with Crippen LogP contribution in [0.3, 0.4) is 0 Å². The number of carbonyl (C=O) groups excluding carboxylic acids is 1. The van der Waals surface area contributed by atoms with Crippen LogP contribution in [0.5, 0.6) is 5.75 Å². The Morgan fingerprint density at radius 1 is 1.09 bits per heavy atom. The molecule has 1 aliphatic rings. The summed E-state index contributed by atoms with van der Waals surface area (Å²) in [5.41, 5.74) is 4.24. The molecule has 1 amide bonds. The van der Waals surface area contributed by atoms with Crippen molar-refractivity contribution in [1.29, 1.82) is 0 Å². The predicted octanol–water partition coefficient (Wildman–Crippen LogP) is 4.29. The molecule has 0 radical (unpaired) electrons. The molecule has 23 heavy (non-hydrogen) atoms. The summed E-state index contributed by atoms with van der Waals surface area (Å²) in [5.74, 6) is 0.981. The molecule has 0 spiro atoms. The van der Waals surface area contributed by atoms with E-state index in [-0.39, 0.29) is 11.9 Å². The van der Waals surface area contributed by atoms with Crippen molar-refractivity contribution in [2.24, 2.45) is 0 Å². The van der Waals surface area contributed by atoms with E-state index in [2.05, 4.69) is 18.2 Å². The van der Waals surface area contributed by atoms with Crippen LogP contribution < -0.4 is 4.74 Å². The van der Waals surface area contributed by atoms with Gasteiger partial charge in [-0.15, -0.1) is 0 Å². The average Bonchev–Trinajstić information content (AvgIpc) is 3.03. The number of methoxy groups -OCH3 is 1. The summed E-state index contributed by atoms with van der Waals surface area (Å²) in [5, 5.41) is 0. The standard InChI is InChI=1S/C20H23NO2/c1-14-11-15(2)13-17(12-14)20(22)21-10-4-5-19(21)16-6-8-18(23-3)9-7-16/h6-9,11-13,19H,4-5,10H2,1-3H3/t19-/m0/s1. The molecule has 3 heteroatoms. The summed E-state index contributed by atoms with van der Waals surface area (Å²) in [4.78, 5) is 15.0. The van der Waals surface area contributed by atoms with Crippen LogP contribution >= 0.6 is 0 Å². The van der Waals surface area contributed by atoms with Crippen molar-refractivity contribution < 1.29 is 9.53 Å². The van der Waals surface area contributed by atoms with Gasteiger partial charge in [0, 0.05) is 12.1 Å². The molecule has 120 valence electrons. The summed E-state index contributed by atoms with van der Waals surface area (Å²) in [6, 6.07) is 14.3. The summed E-state index contributed by atoms with van der Waals surface area (Å²) >= 11 is 0. The molecule has 2 aromatic rings. The Bertz CT molecular complexity index is 686. The molecule has 0 saturated carbocycles. The maximum absolute atomic E-state index is 13.0. The molecule has 1 saturated heterocycles. The monoisotopic (exact) mass is 309 g/mol. The fraction of sp³-hybridized carbons (Fsp3) is 0.350. The Labute approximate surface area is 137 Å². The number of hydrogen-bond acceptors (Lipinski definition) is 2. The van der Waals surface area contributed by atoms with Crippen LogP contribution in [0.4, 0.5) is 0 Å². The van der Waals surface area contributed by atoms with Crippen molar-refractivity contribution in [1.82, 2.24) is 4.90 Å². The Balaban J connectivity index is 1.86. The predicted molar refractivity (Wildman–Crippen MR) is 91.9 cm³/mol. The van der Waals surface area contributed by atoms with E-state index in [0.717, 1.165) is 41.8 Å². The van der Waals surface area contributed by atoms with E-state index in [1.807, 2.05) is 43.0 Å². The number of aryl methyl sites for hydroxylation is 2. The number of nitrogens with zero attached hydrogens (tertiary/aromatic N) is 1. The van der Waals surface area contributed by atoms with Gasteiger partial charge in [0.25, 0.3) is 5.91 Å². The first-order chi connectivity index (χ1) is 11.1. The van der Waals surface area contributed by atoms with Gasteiger partial charge in [0.2, 0.25) is 0 Å². The molecular formula is C20H23NO2. The zero-order valence-electron chi connectivity index (χ0n) is 14.0. The molecule has 0 N–H and O–H groups in total. The molecule has 0 unspecified atom stereocenters. The molecule has 3 rings (SSSR count). The second-order valence-electron chi connectivity index (χ2n) is 6.31. The molecule has 1 aliphatic heterocycles. The van der Waals surface area contributed by atoms with Crippen LogP contribution in [0.1, 0.15) is 45.9 Å². The Hall–Kier alpha value is -2.29. The summed E-state index contributed by atoms with van der Waals surface area (Å²) in [6.45, 7) is 4.89. The lowest BCUT2D eigenvalue weighted by atomic mass is 10.0. The van der Waals surface area contributed by atoms with Gasteiger partial charge in [-0.1, -0.05) is 29.3 Å². The lowest BCUT2D eigenvalue weighted by Crippen LogP contribution is -2.30. The van der Waals surface area contributed by atoms with E-state index in [1.54, 1.807) is 7.11 Å². The SMILES string of the molecule is COc1ccc([C@@H]2CCCN2C(=O)c2cc(C)cc(C)c2)cc1. The minimum atomic E-state index is 0.134. The van der Waals surface area contributed by atoms with E-state index < -0.39 is 0 Å². The van der Waals surface area contributed by atoms with Gasteiger partial charge in [0.05, 0.1) is 13.2 Å². The van der Waals surface area contributed by atoms with Crippen LogP contribution in [-0.2, 0) is 0 Å². The number of carbonyl (C=O) groups is 1. The molecule has 3 nitrogen and oxygen atoms in total. The van der Waals surface area contributed by atoms with E-state index in [4.69, 9.17) is 4.74 Å². The Morgan fingerprint density at radius 3 is 2.35 bits per heavy atom. The topological polar surface area (TPSA) is 29.5 Å². The maximum Gasteiger partial charge on any atom is 0.254 e. The third-order valence-electron chi connectivity index (χ3n) is 4.48. The van der Waals surface area contributed by atoms with Crippen molar-refractivity contribution >= 4 is 5.91 Å². The van der Waals surface area contributed by atoms with Gasteiger partial charge >= 0.3 is 0 Å². The lowest BCUT2D eigenvalue weighted by Gasteiger charge is -2.25. The Kier molecular flexibility index (Phi) is 4.37. The van der Waals surface area contributed by atoms with Gasteiger partial charge < -0.3 is 9.64 Å². The molecule has 0 aromatic heterocycles. The fourth-order valence-corrected chi connectivity index (χ4v) is 3.45. The van der Waals surface area contributed by atoms with Gasteiger partial charge in [0.15, 0.2) is 0 Å². The highest BCUT2D eigenvalue weighted by Gasteiger charge is 2.30. The highest BCUT2D eigenvalue weighted by Crippen LogP contribution is 2.34. The van der Waals surface area contributed by atoms with Crippen molar-refractivity contribution in [2.75, 3.05) is 13.7 Å². The van der Waals surface area contributed by atoms with Gasteiger partial charge in [-0.25, -0.2) is 0 Å². The van der Waals surface area contributed by atoms with Gasteiger partial charge in [0.1, 0.15) is 5.75 Å². The van der Waals surface area contributed by atoms with Crippen molar-refractivity contribution in [3.8, 4) is 5.75 Å². The number of benzene rings is 2. The number of likely N-dealkylation sites (tertiary alicyclic amines) is 1. The van der Waals surface area contributed by atoms with Crippen molar-refractivity contribution in [3.05, 3.63) is 64.7 Å². The normalized spacial score (nSPS) is 17.3. The fourth-order valence-electron chi connectivity index (χ4n) is 3.45. The van der Waals surface area contributed by atoms with E-state index in [1.165, 1.54) is 5.56 Å². The minimum absolute atomic E-state index is 0.134. The Morgan fingerprint density at radius 2 is 1.74 bits per heavy atom. The van der Waals surface area contributed by atoms with Crippen molar-refractivity contribution in [3.63, 3.8) is 0 Å². The van der Waals surface area contributed by atoms with Gasteiger partial charge in [-0.3, -0.25) is 4.79 Å². The summed E-state index contributed by atoms with van der Waals surface area (Å²) in [6.07, 6.45) is 2.07. The van der Waals surface area contributed by atoms with Crippen LogP contribution in [-0.4, -0.2) is 24.5 Å². The van der Waals surface area contributed by atoms with E-state index >= 15 is 0 Å².